The minimum atomic E-state index is -0.838. The van der Waals surface area contributed by atoms with Crippen LogP contribution in [0.2, 0.25) is 0 Å². The molecule has 2 unspecified atom stereocenters. The van der Waals surface area contributed by atoms with Crippen molar-refractivity contribution in [2.45, 2.75) is 31.1 Å². The molecule has 1 aliphatic rings. The van der Waals surface area contributed by atoms with Crippen LogP contribution in [-0.4, -0.2) is 12.9 Å². The van der Waals surface area contributed by atoms with Crippen LogP contribution in [0.25, 0.3) is 0 Å². The molecule has 0 amide bonds. The first-order valence-electron chi connectivity index (χ1n) is 5.64. The van der Waals surface area contributed by atoms with Crippen molar-refractivity contribution in [1.29, 1.82) is 0 Å². The van der Waals surface area contributed by atoms with Gasteiger partial charge in [0, 0.05) is 6.42 Å². The summed E-state index contributed by atoms with van der Waals surface area (Å²) in [4.78, 5) is 10.3. The van der Waals surface area contributed by atoms with Crippen LogP contribution in [-0.2, 0) is 4.74 Å². The van der Waals surface area contributed by atoms with Crippen LogP contribution in [0.1, 0.15) is 30.3 Å². The maximum absolute atomic E-state index is 10.3. The van der Waals surface area contributed by atoms with Crippen LogP contribution in [0.5, 0.6) is 5.75 Å². The summed E-state index contributed by atoms with van der Waals surface area (Å²) in [6, 6.07) is 7.01. The third-order valence-corrected chi connectivity index (χ3v) is 2.98. The van der Waals surface area contributed by atoms with Crippen LogP contribution in [0.3, 0.4) is 0 Å². The van der Waals surface area contributed by atoms with Gasteiger partial charge in [-0.2, -0.15) is 0 Å². The van der Waals surface area contributed by atoms with Gasteiger partial charge in [0.1, 0.15) is 5.75 Å². The summed E-state index contributed by atoms with van der Waals surface area (Å²) in [5, 5.41) is 2.75. The van der Waals surface area contributed by atoms with E-state index < -0.39 is 5.50 Å². The monoisotopic (exact) mass is 255 g/mol. The van der Waals surface area contributed by atoms with Crippen molar-refractivity contribution in [3.63, 3.8) is 0 Å². The second kappa shape index (κ2) is 5.98. The van der Waals surface area contributed by atoms with Crippen molar-refractivity contribution in [3.8, 4) is 5.75 Å². The number of halogens is 1. The van der Waals surface area contributed by atoms with Crippen LogP contribution >= 0.6 is 11.6 Å². The van der Waals surface area contributed by atoms with Gasteiger partial charge in [-0.25, -0.2) is 0 Å². The second-order valence-electron chi connectivity index (χ2n) is 3.92. The van der Waals surface area contributed by atoms with E-state index in [9.17, 15) is 4.91 Å². The molecule has 2 atom stereocenters. The number of nitrogens with zero attached hydrogens (tertiary/aromatic N) is 1. The molecule has 1 saturated heterocycles. The van der Waals surface area contributed by atoms with Crippen LogP contribution in [0, 0.1) is 4.91 Å². The van der Waals surface area contributed by atoms with Crippen molar-refractivity contribution in [1.82, 2.24) is 0 Å². The van der Waals surface area contributed by atoms with E-state index in [0.29, 0.717) is 5.56 Å². The van der Waals surface area contributed by atoms with Crippen molar-refractivity contribution >= 4 is 11.6 Å². The van der Waals surface area contributed by atoms with Gasteiger partial charge in [0.15, 0.2) is 11.8 Å². The fourth-order valence-corrected chi connectivity index (χ4v) is 1.87. The molecule has 17 heavy (non-hydrogen) atoms. The molecule has 0 bridgehead atoms. The zero-order chi connectivity index (χ0) is 12.1. The first-order valence-corrected chi connectivity index (χ1v) is 6.08. The molecule has 92 valence electrons. The lowest BCUT2D eigenvalue weighted by molar-refractivity contribution is -0.105. The van der Waals surface area contributed by atoms with Crippen molar-refractivity contribution in [3.05, 3.63) is 34.7 Å². The summed E-state index contributed by atoms with van der Waals surface area (Å²) in [6.07, 6.45) is 2.97. The predicted octanol–water partition coefficient (Wildman–Crippen LogP) is 3.60. The van der Waals surface area contributed by atoms with Gasteiger partial charge in [0.05, 0.1) is 6.61 Å². The molecule has 0 saturated carbocycles. The number of ether oxygens (including phenoxy) is 2. The van der Waals surface area contributed by atoms with Gasteiger partial charge in [0.2, 0.25) is 0 Å². The summed E-state index contributed by atoms with van der Waals surface area (Å²) < 4.78 is 11.1. The topological polar surface area (TPSA) is 47.9 Å². The SMILES string of the molecule is O=NC(Cl)c1ccc(OC2CCCCO2)cc1. The number of rotatable bonds is 4. The van der Waals surface area contributed by atoms with Gasteiger partial charge in [0.25, 0.3) is 0 Å². The van der Waals surface area contributed by atoms with E-state index in [2.05, 4.69) is 5.18 Å². The molecule has 1 aromatic rings. The highest BCUT2D eigenvalue weighted by Gasteiger charge is 2.15. The van der Waals surface area contributed by atoms with Crippen LogP contribution < -0.4 is 4.74 Å². The average molecular weight is 256 g/mol. The number of benzene rings is 1. The fraction of sp³-hybridized carbons (Fsp3) is 0.500. The lowest BCUT2D eigenvalue weighted by Crippen LogP contribution is -2.24. The van der Waals surface area contributed by atoms with Gasteiger partial charge in [-0.15, -0.1) is 4.91 Å². The Bertz CT molecular complexity index is 363. The molecule has 1 aromatic carbocycles. The van der Waals surface area contributed by atoms with E-state index in [1.165, 1.54) is 0 Å². The molecule has 0 radical (unpaired) electrons. The summed E-state index contributed by atoms with van der Waals surface area (Å²) >= 11 is 5.69. The maximum atomic E-state index is 10.3. The third-order valence-electron chi connectivity index (χ3n) is 2.65. The second-order valence-corrected chi connectivity index (χ2v) is 4.34. The Kier molecular flexibility index (Phi) is 4.34. The Morgan fingerprint density at radius 3 is 2.71 bits per heavy atom. The molecule has 0 N–H and O–H groups in total. The Balaban J connectivity index is 1.95. The zero-order valence-corrected chi connectivity index (χ0v) is 10.1. The first kappa shape index (κ1) is 12.3. The Morgan fingerprint density at radius 1 is 1.35 bits per heavy atom. The Morgan fingerprint density at radius 2 is 2.12 bits per heavy atom. The molecule has 1 heterocycles. The standard InChI is InChI=1S/C12H14ClNO3/c13-12(14-15)9-4-6-10(7-5-9)17-11-3-1-2-8-16-11/h4-7,11-12H,1-3,8H2. The van der Waals surface area contributed by atoms with E-state index in [4.69, 9.17) is 21.1 Å². The maximum Gasteiger partial charge on any atom is 0.199 e. The summed E-state index contributed by atoms with van der Waals surface area (Å²) in [6.45, 7) is 0.752. The molecular weight excluding hydrogens is 242 g/mol. The van der Waals surface area contributed by atoms with E-state index in [1.807, 2.05) is 0 Å². The average Bonchev–Trinajstić information content (AvgIpc) is 2.40. The Labute approximate surface area is 105 Å². The molecule has 5 heteroatoms. The van der Waals surface area contributed by atoms with Gasteiger partial charge in [-0.05, 0) is 35.7 Å². The Hall–Kier alpha value is -1.13. The third kappa shape index (κ3) is 3.41. The zero-order valence-electron chi connectivity index (χ0n) is 9.34. The predicted molar refractivity (Wildman–Crippen MR) is 65.1 cm³/mol. The number of nitroso groups, excluding NO2 is 1. The molecule has 1 aliphatic heterocycles. The first-order chi connectivity index (χ1) is 8.29. The van der Waals surface area contributed by atoms with Crippen LogP contribution in [0.4, 0.5) is 0 Å². The lowest BCUT2D eigenvalue weighted by Gasteiger charge is -2.23. The summed E-state index contributed by atoms with van der Waals surface area (Å²) in [7, 11) is 0. The number of hydrogen-bond acceptors (Lipinski definition) is 4. The minimum absolute atomic E-state index is 0.161. The van der Waals surface area contributed by atoms with Gasteiger partial charge >= 0.3 is 0 Å². The highest BCUT2D eigenvalue weighted by Crippen LogP contribution is 2.25. The van der Waals surface area contributed by atoms with Gasteiger partial charge < -0.3 is 9.47 Å². The molecule has 0 aliphatic carbocycles. The molecular formula is C12H14ClNO3. The van der Waals surface area contributed by atoms with E-state index in [0.717, 1.165) is 31.6 Å². The summed E-state index contributed by atoms with van der Waals surface area (Å²) in [5.41, 5.74) is -0.173. The molecule has 1 fully saturated rings. The number of alkyl halides is 1. The smallest absolute Gasteiger partial charge is 0.199 e. The fourth-order valence-electron chi connectivity index (χ4n) is 1.72. The normalized spacial score (nSPS) is 21.8. The van der Waals surface area contributed by atoms with Crippen molar-refractivity contribution in [2.75, 3.05) is 6.61 Å². The summed E-state index contributed by atoms with van der Waals surface area (Å²) in [5.74, 6) is 0.718. The van der Waals surface area contributed by atoms with E-state index in [-0.39, 0.29) is 6.29 Å². The largest absolute Gasteiger partial charge is 0.465 e. The molecule has 4 nitrogen and oxygen atoms in total. The van der Waals surface area contributed by atoms with E-state index in [1.54, 1.807) is 24.3 Å². The van der Waals surface area contributed by atoms with E-state index >= 15 is 0 Å². The quantitative estimate of drug-likeness (QED) is 0.469. The van der Waals surface area contributed by atoms with Crippen LogP contribution in [0.15, 0.2) is 29.4 Å². The van der Waals surface area contributed by atoms with Crippen molar-refractivity contribution < 1.29 is 9.47 Å². The molecule has 2 rings (SSSR count). The highest BCUT2D eigenvalue weighted by molar-refractivity contribution is 6.20. The minimum Gasteiger partial charge on any atom is -0.465 e. The van der Waals surface area contributed by atoms with Gasteiger partial charge in [-0.1, -0.05) is 23.7 Å². The highest BCUT2D eigenvalue weighted by atomic mass is 35.5. The lowest BCUT2D eigenvalue weighted by atomic mass is 10.2. The number of hydrogen-bond donors (Lipinski definition) is 0. The van der Waals surface area contributed by atoms with Crippen molar-refractivity contribution in [2.24, 2.45) is 5.18 Å². The molecule has 0 aromatic heterocycles. The molecule has 0 spiro atoms. The van der Waals surface area contributed by atoms with Gasteiger partial charge in [-0.3, -0.25) is 0 Å².